The highest BCUT2D eigenvalue weighted by molar-refractivity contribution is 7.89. The fourth-order valence-electron chi connectivity index (χ4n) is 2.44. The van der Waals surface area contributed by atoms with Crippen LogP contribution < -0.4 is 9.46 Å². The molecule has 1 aromatic heterocycles. The second-order valence-electron chi connectivity index (χ2n) is 5.74. The molecule has 2 aromatic carbocycles. The van der Waals surface area contributed by atoms with Crippen LogP contribution in [0.15, 0.2) is 77.8 Å². The third-order valence-electron chi connectivity index (χ3n) is 3.71. The summed E-state index contributed by atoms with van der Waals surface area (Å²) in [5.74, 6) is 0.783. The van der Waals surface area contributed by atoms with Crippen LogP contribution in [0.5, 0.6) is 11.6 Å². The lowest BCUT2D eigenvalue weighted by atomic mass is 10.2. The summed E-state index contributed by atoms with van der Waals surface area (Å²) in [6.07, 6.45) is -3.22. The van der Waals surface area contributed by atoms with E-state index in [1.165, 1.54) is 6.07 Å². The number of hydrogen-bond acceptors (Lipinski definition) is 4. The third-order valence-corrected chi connectivity index (χ3v) is 5.17. The Morgan fingerprint density at radius 3 is 2.43 bits per heavy atom. The summed E-state index contributed by atoms with van der Waals surface area (Å²) in [4.78, 5) is 3.20. The van der Waals surface area contributed by atoms with Crippen LogP contribution in [0.2, 0.25) is 0 Å². The molecule has 0 radical (unpaired) electrons. The highest BCUT2D eigenvalue weighted by Gasteiger charge is 2.36. The number of aromatic nitrogens is 1. The van der Waals surface area contributed by atoms with Gasteiger partial charge in [0.2, 0.25) is 15.9 Å². The monoisotopic (exact) mass is 408 g/mol. The summed E-state index contributed by atoms with van der Waals surface area (Å²) < 4.78 is 71.8. The molecule has 0 saturated heterocycles. The van der Waals surface area contributed by atoms with Crippen LogP contribution in [0.1, 0.15) is 11.1 Å². The van der Waals surface area contributed by atoms with Gasteiger partial charge in [-0.25, -0.2) is 18.1 Å². The minimum absolute atomic E-state index is 0.200. The van der Waals surface area contributed by atoms with Crippen LogP contribution in [0.3, 0.4) is 0 Å². The number of ether oxygens (including phenoxy) is 1. The lowest BCUT2D eigenvalue weighted by Crippen LogP contribution is -2.26. The van der Waals surface area contributed by atoms with Crippen molar-refractivity contribution in [3.63, 3.8) is 0 Å². The van der Waals surface area contributed by atoms with E-state index in [-0.39, 0.29) is 6.54 Å². The first-order chi connectivity index (χ1) is 13.3. The molecule has 0 fully saturated rings. The quantitative estimate of drug-likeness (QED) is 0.658. The molecule has 0 atom stereocenters. The van der Waals surface area contributed by atoms with Crippen LogP contribution in [0, 0.1) is 0 Å². The van der Waals surface area contributed by atoms with E-state index < -0.39 is 26.7 Å². The Hall–Kier alpha value is -2.91. The van der Waals surface area contributed by atoms with Gasteiger partial charge in [-0.2, -0.15) is 13.2 Å². The smallest absolute Gasteiger partial charge is 0.417 e. The van der Waals surface area contributed by atoms with Crippen LogP contribution in [-0.2, 0) is 22.7 Å². The first-order valence-electron chi connectivity index (χ1n) is 8.09. The minimum Gasteiger partial charge on any atom is -0.439 e. The number of hydrogen-bond donors (Lipinski definition) is 1. The van der Waals surface area contributed by atoms with Gasteiger partial charge in [0.05, 0.1) is 10.5 Å². The average Bonchev–Trinajstić information content (AvgIpc) is 2.67. The zero-order valence-corrected chi connectivity index (χ0v) is 15.2. The van der Waals surface area contributed by atoms with Gasteiger partial charge < -0.3 is 4.74 Å². The van der Waals surface area contributed by atoms with Crippen molar-refractivity contribution in [3.8, 4) is 11.6 Å². The van der Waals surface area contributed by atoms with Crippen LogP contribution >= 0.6 is 0 Å². The van der Waals surface area contributed by atoms with Gasteiger partial charge in [-0.1, -0.05) is 30.3 Å². The summed E-state index contributed by atoms with van der Waals surface area (Å²) in [5.41, 5.74) is -0.698. The standard InChI is InChI=1S/C19H15F3N2O3S/c20-19(21,22)16-8-1-2-9-17(16)28(25,26)24-13-14-6-5-7-15(12-14)27-18-10-3-4-11-23-18/h1-12,24H,13H2. The van der Waals surface area contributed by atoms with Crippen molar-refractivity contribution >= 4 is 10.0 Å². The van der Waals surface area contributed by atoms with Gasteiger partial charge in [-0.3, -0.25) is 0 Å². The van der Waals surface area contributed by atoms with Crippen LogP contribution in [-0.4, -0.2) is 13.4 Å². The molecule has 0 saturated carbocycles. The van der Waals surface area contributed by atoms with E-state index in [2.05, 4.69) is 9.71 Å². The van der Waals surface area contributed by atoms with Crippen LogP contribution in [0.4, 0.5) is 13.2 Å². The summed E-state index contributed by atoms with van der Waals surface area (Å²) >= 11 is 0. The molecule has 146 valence electrons. The maximum atomic E-state index is 13.1. The van der Waals surface area contributed by atoms with Crippen molar-refractivity contribution in [2.24, 2.45) is 0 Å². The van der Waals surface area contributed by atoms with Gasteiger partial charge in [0.1, 0.15) is 5.75 Å². The molecule has 0 bridgehead atoms. The number of nitrogens with zero attached hydrogens (tertiary/aromatic N) is 1. The Balaban J connectivity index is 1.76. The zero-order chi connectivity index (χ0) is 20.2. The summed E-state index contributed by atoms with van der Waals surface area (Å²) in [6.45, 7) is -0.200. The Morgan fingerprint density at radius 2 is 1.71 bits per heavy atom. The summed E-state index contributed by atoms with van der Waals surface area (Å²) in [6, 6.07) is 15.7. The fraction of sp³-hybridized carbons (Fsp3) is 0.105. The number of pyridine rings is 1. The second kappa shape index (κ2) is 7.99. The van der Waals surface area contributed by atoms with E-state index in [0.717, 1.165) is 18.2 Å². The lowest BCUT2D eigenvalue weighted by molar-refractivity contribution is -0.139. The lowest BCUT2D eigenvalue weighted by Gasteiger charge is -2.14. The van der Waals surface area contributed by atoms with Gasteiger partial charge in [0, 0.05) is 18.8 Å². The van der Waals surface area contributed by atoms with Crippen molar-refractivity contribution in [1.29, 1.82) is 0 Å². The molecule has 3 aromatic rings. The van der Waals surface area contributed by atoms with Crippen LogP contribution in [0.25, 0.3) is 0 Å². The number of alkyl halides is 3. The van der Waals surface area contributed by atoms with Crippen molar-refractivity contribution < 1.29 is 26.3 Å². The molecular formula is C19H15F3N2O3S. The van der Waals surface area contributed by atoms with E-state index in [0.29, 0.717) is 17.2 Å². The van der Waals surface area contributed by atoms with E-state index in [9.17, 15) is 21.6 Å². The van der Waals surface area contributed by atoms with Gasteiger partial charge in [0.25, 0.3) is 0 Å². The van der Waals surface area contributed by atoms with Gasteiger partial charge in [0.15, 0.2) is 0 Å². The molecule has 0 aliphatic heterocycles. The van der Waals surface area contributed by atoms with E-state index in [4.69, 9.17) is 4.74 Å². The average molecular weight is 408 g/mol. The molecule has 0 unspecified atom stereocenters. The largest absolute Gasteiger partial charge is 0.439 e. The van der Waals surface area contributed by atoms with Gasteiger partial charge >= 0.3 is 6.18 Å². The molecular weight excluding hydrogens is 393 g/mol. The molecule has 3 rings (SSSR count). The molecule has 0 spiro atoms. The van der Waals surface area contributed by atoms with E-state index >= 15 is 0 Å². The summed E-state index contributed by atoms with van der Waals surface area (Å²) in [5, 5.41) is 0. The molecule has 1 heterocycles. The second-order valence-corrected chi connectivity index (χ2v) is 7.47. The zero-order valence-electron chi connectivity index (χ0n) is 14.3. The minimum atomic E-state index is -4.78. The predicted octanol–water partition coefficient (Wildman–Crippen LogP) is 4.37. The molecule has 0 amide bonds. The number of benzene rings is 2. The highest BCUT2D eigenvalue weighted by Crippen LogP contribution is 2.34. The van der Waals surface area contributed by atoms with E-state index in [1.54, 1.807) is 48.7 Å². The number of nitrogens with one attached hydrogen (secondary N) is 1. The van der Waals surface area contributed by atoms with Crippen molar-refractivity contribution in [2.45, 2.75) is 17.6 Å². The molecule has 0 aliphatic rings. The molecule has 28 heavy (non-hydrogen) atoms. The first kappa shape index (κ1) is 19.8. The topological polar surface area (TPSA) is 68.3 Å². The molecule has 9 heteroatoms. The number of sulfonamides is 1. The van der Waals surface area contributed by atoms with Gasteiger partial charge in [-0.05, 0) is 35.9 Å². The van der Waals surface area contributed by atoms with Gasteiger partial charge in [-0.15, -0.1) is 0 Å². The Kier molecular flexibility index (Phi) is 5.66. The molecule has 1 N–H and O–H groups in total. The number of halogens is 3. The summed E-state index contributed by atoms with van der Waals surface area (Å²) in [7, 11) is -4.37. The first-order valence-corrected chi connectivity index (χ1v) is 9.58. The van der Waals surface area contributed by atoms with Crippen molar-refractivity contribution in [3.05, 3.63) is 84.1 Å². The number of rotatable bonds is 6. The third kappa shape index (κ3) is 4.87. The van der Waals surface area contributed by atoms with Crippen molar-refractivity contribution in [2.75, 3.05) is 0 Å². The Morgan fingerprint density at radius 1 is 0.964 bits per heavy atom. The van der Waals surface area contributed by atoms with E-state index in [1.807, 2.05) is 0 Å². The van der Waals surface area contributed by atoms with Crippen molar-refractivity contribution in [1.82, 2.24) is 9.71 Å². The Labute approximate surface area is 159 Å². The molecule has 5 nitrogen and oxygen atoms in total. The SMILES string of the molecule is O=S(=O)(NCc1cccc(Oc2ccccn2)c1)c1ccccc1C(F)(F)F. The Bertz CT molecular complexity index is 1060. The maximum Gasteiger partial charge on any atom is 0.417 e. The highest BCUT2D eigenvalue weighted by atomic mass is 32.2. The maximum absolute atomic E-state index is 13.1. The molecule has 0 aliphatic carbocycles. The normalized spacial score (nSPS) is 12.0. The predicted molar refractivity (Wildman–Crippen MR) is 96.2 cm³/mol. The fourth-order valence-corrected chi connectivity index (χ4v) is 3.68.